The molecule has 0 aliphatic carbocycles. The highest BCUT2D eigenvalue weighted by atomic mass is 16.5. The minimum atomic E-state index is 0.741. The molecule has 0 amide bonds. The van der Waals surface area contributed by atoms with Gasteiger partial charge in [-0.2, -0.15) is 10.1 Å². The van der Waals surface area contributed by atoms with Crippen LogP contribution in [-0.2, 0) is 0 Å². The van der Waals surface area contributed by atoms with Crippen molar-refractivity contribution in [2.24, 2.45) is 0 Å². The number of nitrogens with one attached hydrogen (secondary N) is 2. The topological polar surface area (TPSA) is 82.2 Å². The molecule has 0 atom stereocenters. The number of nitrogens with zero attached hydrogens (tertiary/aromatic N) is 5. The van der Waals surface area contributed by atoms with Gasteiger partial charge in [-0.15, -0.1) is 0 Å². The van der Waals surface area contributed by atoms with Crippen LogP contribution in [0.2, 0.25) is 0 Å². The summed E-state index contributed by atoms with van der Waals surface area (Å²) in [6.07, 6.45) is 1.82. The highest BCUT2D eigenvalue weighted by Gasteiger charge is 2.22. The van der Waals surface area contributed by atoms with Crippen LogP contribution in [0.3, 0.4) is 0 Å². The lowest BCUT2D eigenvalue weighted by molar-refractivity contribution is 0.413. The Balaban J connectivity index is 1.28. The van der Waals surface area contributed by atoms with Crippen molar-refractivity contribution >= 4 is 44.9 Å². The van der Waals surface area contributed by atoms with Crippen LogP contribution in [0.4, 0.5) is 23.1 Å². The van der Waals surface area contributed by atoms with Gasteiger partial charge >= 0.3 is 0 Å². The molecule has 3 heterocycles. The second-order valence-electron chi connectivity index (χ2n) is 8.33. The largest absolute Gasteiger partial charge is 0.495 e. The number of hydrogen-bond donors (Lipinski definition) is 2. The van der Waals surface area contributed by atoms with Crippen molar-refractivity contribution < 1.29 is 4.74 Å². The fraction of sp³-hybridized carbons (Fsp3) is 0.192. The number of para-hydroxylation sites is 3. The van der Waals surface area contributed by atoms with E-state index in [4.69, 9.17) is 14.7 Å². The first-order valence-electron chi connectivity index (χ1n) is 11.4. The van der Waals surface area contributed by atoms with Crippen molar-refractivity contribution in [3.63, 3.8) is 0 Å². The molecule has 3 aromatic carbocycles. The zero-order valence-corrected chi connectivity index (χ0v) is 18.9. The summed E-state index contributed by atoms with van der Waals surface area (Å²) in [5.74, 6) is 2.44. The normalized spacial score (nSPS) is 14.0. The monoisotopic (exact) mass is 451 g/mol. The molecular weight excluding hydrogens is 426 g/mol. The summed E-state index contributed by atoms with van der Waals surface area (Å²) in [6, 6.07) is 22.4. The van der Waals surface area contributed by atoms with Gasteiger partial charge in [0.05, 0.1) is 30.0 Å². The van der Waals surface area contributed by atoms with E-state index in [0.717, 1.165) is 76.9 Å². The van der Waals surface area contributed by atoms with Gasteiger partial charge in [-0.05, 0) is 42.5 Å². The SMILES string of the molecule is COc1ccccc1N1CCN(c2nc(Nc3ccc4[nH]ncc4c3)c3ccccc3n2)CC1. The molecule has 0 saturated carbocycles. The smallest absolute Gasteiger partial charge is 0.228 e. The highest BCUT2D eigenvalue weighted by Crippen LogP contribution is 2.31. The summed E-state index contributed by atoms with van der Waals surface area (Å²) in [6.45, 7) is 3.40. The highest BCUT2D eigenvalue weighted by molar-refractivity contribution is 5.93. The zero-order chi connectivity index (χ0) is 22.9. The number of aromatic nitrogens is 4. The summed E-state index contributed by atoms with van der Waals surface area (Å²) < 4.78 is 5.56. The quantitative estimate of drug-likeness (QED) is 0.405. The van der Waals surface area contributed by atoms with Gasteiger partial charge in [-0.25, -0.2) is 4.98 Å². The molecule has 34 heavy (non-hydrogen) atoms. The predicted octanol–water partition coefficient (Wildman–Crippen LogP) is 4.58. The van der Waals surface area contributed by atoms with E-state index in [1.54, 1.807) is 7.11 Å². The number of methoxy groups -OCH3 is 1. The van der Waals surface area contributed by atoms with E-state index in [9.17, 15) is 0 Å². The van der Waals surface area contributed by atoms with Crippen LogP contribution in [0.1, 0.15) is 0 Å². The Morgan fingerprint density at radius 2 is 1.68 bits per heavy atom. The lowest BCUT2D eigenvalue weighted by atomic mass is 10.2. The number of piperazine rings is 1. The molecular formula is C26H25N7O. The summed E-state index contributed by atoms with van der Waals surface area (Å²) in [5, 5.41) is 12.7. The van der Waals surface area contributed by atoms with Crippen LogP contribution in [0, 0.1) is 0 Å². The summed E-state index contributed by atoms with van der Waals surface area (Å²) in [7, 11) is 1.72. The molecule has 6 rings (SSSR count). The van der Waals surface area contributed by atoms with Crippen LogP contribution in [-0.4, -0.2) is 53.5 Å². The molecule has 1 aliphatic heterocycles. The van der Waals surface area contributed by atoms with Gasteiger partial charge in [0.25, 0.3) is 0 Å². The van der Waals surface area contributed by atoms with Gasteiger partial charge in [0.15, 0.2) is 0 Å². The van der Waals surface area contributed by atoms with Crippen molar-refractivity contribution in [1.29, 1.82) is 0 Å². The fourth-order valence-electron chi connectivity index (χ4n) is 4.50. The molecule has 2 N–H and O–H groups in total. The van der Waals surface area contributed by atoms with Gasteiger partial charge in [0.1, 0.15) is 11.6 Å². The molecule has 1 saturated heterocycles. The number of fused-ring (bicyclic) bond motifs is 2. The maximum Gasteiger partial charge on any atom is 0.228 e. The van der Waals surface area contributed by atoms with E-state index in [1.807, 2.05) is 48.7 Å². The minimum absolute atomic E-state index is 0.741. The van der Waals surface area contributed by atoms with Crippen molar-refractivity contribution in [3.05, 3.63) is 72.9 Å². The Morgan fingerprint density at radius 3 is 2.56 bits per heavy atom. The van der Waals surface area contributed by atoms with Crippen LogP contribution >= 0.6 is 0 Å². The maximum absolute atomic E-state index is 5.56. The molecule has 0 radical (unpaired) electrons. The number of H-pyrrole nitrogens is 1. The van der Waals surface area contributed by atoms with Crippen molar-refractivity contribution in [3.8, 4) is 5.75 Å². The summed E-state index contributed by atoms with van der Waals surface area (Å²) >= 11 is 0. The molecule has 1 fully saturated rings. The van der Waals surface area contributed by atoms with Crippen molar-refractivity contribution in [1.82, 2.24) is 20.2 Å². The van der Waals surface area contributed by atoms with Crippen LogP contribution in [0.5, 0.6) is 5.75 Å². The fourth-order valence-corrected chi connectivity index (χ4v) is 4.50. The van der Waals surface area contributed by atoms with Gasteiger partial charge in [0.2, 0.25) is 5.95 Å². The minimum Gasteiger partial charge on any atom is -0.495 e. The third-order valence-corrected chi connectivity index (χ3v) is 6.28. The number of anilines is 4. The number of benzene rings is 3. The van der Waals surface area contributed by atoms with Crippen molar-refractivity contribution in [2.75, 3.05) is 48.4 Å². The summed E-state index contributed by atoms with van der Waals surface area (Å²) in [5.41, 5.74) is 4.02. The third kappa shape index (κ3) is 3.73. The molecule has 5 aromatic rings. The van der Waals surface area contributed by atoms with E-state index in [-0.39, 0.29) is 0 Å². The van der Waals surface area contributed by atoms with Gasteiger partial charge in [0, 0.05) is 42.6 Å². The van der Waals surface area contributed by atoms with E-state index < -0.39 is 0 Å². The Morgan fingerprint density at radius 1 is 0.882 bits per heavy atom. The van der Waals surface area contributed by atoms with E-state index >= 15 is 0 Å². The Bertz CT molecular complexity index is 1460. The van der Waals surface area contributed by atoms with Gasteiger partial charge in [-0.1, -0.05) is 24.3 Å². The molecule has 170 valence electrons. The lowest BCUT2D eigenvalue weighted by Gasteiger charge is -2.36. The second-order valence-corrected chi connectivity index (χ2v) is 8.33. The number of aromatic amines is 1. The molecule has 0 spiro atoms. The van der Waals surface area contributed by atoms with Crippen LogP contribution in [0.25, 0.3) is 21.8 Å². The molecule has 0 bridgehead atoms. The molecule has 2 aromatic heterocycles. The van der Waals surface area contributed by atoms with Gasteiger partial charge in [-0.3, -0.25) is 5.10 Å². The van der Waals surface area contributed by atoms with Gasteiger partial charge < -0.3 is 19.9 Å². The molecule has 8 heteroatoms. The summed E-state index contributed by atoms with van der Waals surface area (Å²) in [4.78, 5) is 14.5. The first-order chi connectivity index (χ1) is 16.8. The Labute approximate surface area is 197 Å². The van der Waals surface area contributed by atoms with E-state index in [1.165, 1.54) is 0 Å². The first kappa shape index (κ1) is 20.3. The molecule has 1 aliphatic rings. The predicted molar refractivity (Wildman–Crippen MR) is 136 cm³/mol. The standard InChI is InChI=1S/C26H25N7O/c1-34-24-9-5-4-8-23(24)32-12-14-33(15-13-32)26-29-22-7-3-2-6-20(22)25(30-26)28-19-10-11-21-18(16-19)17-27-31-21/h2-11,16-17H,12-15H2,1H3,(H,27,31)(H,28,29,30). The molecule has 0 unspecified atom stereocenters. The van der Waals surface area contributed by atoms with E-state index in [0.29, 0.717) is 0 Å². The van der Waals surface area contributed by atoms with Crippen LogP contribution in [0.15, 0.2) is 72.9 Å². The Kier molecular flexibility index (Phi) is 5.10. The average Bonchev–Trinajstić information content (AvgIpc) is 3.37. The maximum atomic E-state index is 5.56. The average molecular weight is 452 g/mol. The van der Waals surface area contributed by atoms with Crippen molar-refractivity contribution in [2.45, 2.75) is 0 Å². The third-order valence-electron chi connectivity index (χ3n) is 6.28. The number of ether oxygens (including phenoxy) is 1. The first-order valence-corrected chi connectivity index (χ1v) is 11.4. The Hall–Kier alpha value is -4.33. The second kappa shape index (κ2) is 8.55. The van der Waals surface area contributed by atoms with E-state index in [2.05, 4.69) is 49.6 Å². The number of hydrogen-bond acceptors (Lipinski definition) is 7. The number of rotatable bonds is 5. The van der Waals surface area contributed by atoms with Crippen LogP contribution < -0.4 is 19.9 Å². The lowest BCUT2D eigenvalue weighted by Crippen LogP contribution is -2.47. The zero-order valence-electron chi connectivity index (χ0n) is 18.9. The molecule has 8 nitrogen and oxygen atoms in total.